The van der Waals surface area contributed by atoms with Gasteiger partial charge in [-0.15, -0.1) is 0 Å². The highest BCUT2D eigenvalue weighted by Crippen LogP contribution is 2.20. The Hall–Kier alpha value is -1.74. The highest BCUT2D eigenvalue weighted by molar-refractivity contribution is 8.14. The smallest absolute Gasteiger partial charge is 0.264 e. The van der Waals surface area contributed by atoms with E-state index in [1.54, 1.807) is 6.92 Å². The highest BCUT2D eigenvalue weighted by atomic mass is 32.2. The van der Waals surface area contributed by atoms with Gasteiger partial charge in [-0.3, -0.25) is 29.2 Å². The minimum atomic E-state index is -0.945. The largest absolute Gasteiger partial charge is 0.369 e. The second kappa shape index (κ2) is 10.9. The molecule has 0 aliphatic carbocycles. The molecule has 0 bridgehead atoms. The van der Waals surface area contributed by atoms with E-state index in [1.807, 2.05) is 6.92 Å². The van der Waals surface area contributed by atoms with Gasteiger partial charge in [-0.2, -0.15) is 5.06 Å². The van der Waals surface area contributed by atoms with Crippen LogP contribution >= 0.6 is 11.8 Å². The quantitative estimate of drug-likeness (QED) is 0.392. The Morgan fingerprint density at radius 1 is 1.30 bits per heavy atom. The molecule has 9 heteroatoms. The summed E-state index contributed by atoms with van der Waals surface area (Å²) in [7, 11) is 0. The van der Waals surface area contributed by atoms with Crippen LogP contribution in [0.3, 0.4) is 0 Å². The maximum atomic E-state index is 11.4. The minimum absolute atomic E-state index is 0.00815. The van der Waals surface area contributed by atoms with Gasteiger partial charge in [0.05, 0.1) is 5.75 Å². The number of amides is 3. The molecule has 0 radical (unpaired) electrons. The van der Waals surface area contributed by atoms with E-state index >= 15 is 0 Å². The van der Waals surface area contributed by atoms with Gasteiger partial charge in [-0.25, -0.2) is 0 Å². The van der Waals surface area contributed by atoms with Crippen molar-refractivity contribution in [2.24, 2.45) is 11.7 Å². The maximum absolute atomic E-state index is 11.4. The van der Waals surface area contributed by atoms with Crippen LogP contribution in [0.4, 0.5) is 0 Å². The number of thioether (sulfide) groups is 1. The van der Waals surface area contributed by atoms with Gasteiger partial charge in [0.2, 0.25) is 5.91 Å². The maximum Gasteiger partial charge on any atom is 0.264 e. The number of carbonyl (C=O) groups excluding carboxylic acids is 5. The summed E-state index contributed by atoms with van der Waals surface area (Å²) in [6.45, 7) is 3.68. The summed E-state index contributed by atoms with van der Waals surface area (Å²) in [5.41, 5.74) is 4.78. The fraction of sp³-hybridized carbons (Fsp3) is 0.643. The van der Waals surface area contributed by atoms with Crippen molar-refractivity contribution in [1.82, 2.24) is 5.06 Å². The number of nitrogens with zero attached hydrogens (tertiary/aromatic N) is 1. The molecule has 23 heavy (non-hydrogen) atoms. The van der Waals surface area contributed by atoms with Crippen LogP contribution in [0.5, 0.6) is 0 Å². The van der Waals surface area contributed by atoms with Crippen molar-refractivity contribution in [2.75, 3.05) is 5.75 Å². The second-order valence-electron chi connectivity index (χ2n) is 4.85. The Morgan fingerprint density at radius 3 is 2.30 bits per heavy atom. The third kappa shape index (κ3) is 7.89. The van der Waals surface area contributed by atoms with Crippen LogP contribution in [0.15, 0.2) is 0 Å². The lowest BCUT2D eigenvalue weighted by Crippen LogP contribution is -2.29. The lowest BCUT2D eigenvalue weighted by molar-refractivity contribution is -0.172. The van der Waals surface area contributed by atoms with E-state index in [-0.39, 0.29) is 28.1 Å². The second-order valence-corrected chi connectivity index (χ2v) is 5.88. The van der Waals surface area contributed by atoms with Crippen molar-refractivity contribution >= 4 is 40.4 Å². The molecule has 1 unspecified atom stereocenters. The van der Waals surface area contributed by atoms with E-state index in [9.17, 15) is 24.0 Å². The Balaban J connectivity index is 0.000000468. The SMILES string of the molecule is CCC(=O)SCC(N)=O.CCCCC(=O)C1CC(=O)N(O)C1=O. The lowest BCUT2D eigenvalue weighted by Gasteiger charge is -2.05. The van der Waals surface area contributed by atoms with E-state index in [0.717, 1.165) is 18.2 Å². The summed E-state index contributed by atoms with van der Waals surface area (Å²) in [4.78, 5) is 54.0. The van der Waals surface area contributed by atoms with Crippen LogP contribution < -0.4 is 5.73 Å². The van der Waals surface area contributed by atoms with Gasteiger partial charge in [-0.05, 0) is 6.42 Å². The van der Waals surface area contributed by atoms with Crippen molar-refractivity contribution in [3.63, 3.8) is 0 Å². The van der Waals surface area contributed by atoms with Gasteiger partial charge in [0, 0.05) is 19.3 Å². The van der Waals surface area contributed by atoms with E-state index in [2.05, 4.69) is 0 Å². The van der Waals surface area contributed by atoms with Crippen molar-refractivity contribution in [2.45, 2.75) is 46.0 Å². The number of ketones is 1. The van der Waals surface area contributed by atoms with Gasteiger partial charge in [0.25, 0.3) is 11.8 Å². The van der Waals surface area contributed by atoms with Crippen LogP contribution in [-0.2, 0) is 24.0 Å². The number of rotatable bonds is 7. The summed E-state index contributed by atoms with van der Waals surface area (Å²) >= 11 is 0.971. The van der Waals surface area contributed by atoms with Crippen LogP contribution in [0.1, 0.15) is 46.0 Å². The summed E-state index contributed by atoms with van der Waals surface area (Å²) < 4.78 is 0. The zero-order valence-corrected chi connectivity index (χ0v) is 14.1. The van der Waals surface area contributed by atoms with E-state index in [0.29, 0.717) is 19.3 Å². The molecule has 1 atom stereocenters. The molecule has 3 amide bonds. The van der Waals surface area contributed by atoms with Crippen molar-refractivity contribution in [3.8, 4) is 0 Å². The van der Waals surface area contributed by atoms with Gasteiger partial charge in [-0.1, -0.05) is 32.0 Å². The zero-order valence-electron chi connectivity index (χ0n) is 13.2. The summed E-state index contributed by atoms with van der Waals surface area (Å²) in [5.74, 6) is -3.00. The number of primary amides is 1. The Kier molecular flexibility index (Phi) is 10.1. The number of hydrogen-bond donors (Lipinski definition) is 2. The average Bonchev–Trinajstić information content (AvgIpc) is 2.78. The summed E-state index contributed by atoms with van der Waals surface area (Å²) in [6.07, 6.45) is 2.15. The van der Waals surface area contributed by atoms with E-state index in [4.69, 9.17) is 10.9 Å². The monoisotopic (exact) mass is 346 g/mol. The Morgan fingerprint density at radius 2 is 1.91 bits per heavy atom. The Bertz CT molecular complexity index is 480. The fourth-order valence-corrected chi connectivity index (χ4v) is 2.16. The first-order chi connectivity index (χ1) is 10.7. The van der Waals surface area contributed by atoms with E-state index < -0.39 is 23.6 Å². The molecule has 8 nitrogen and oxygen atoms in total. The van der Waals surface area contributed by atoms with Gasteiger partial charge in [0.1, 0.15) is 11.7 Å². The number of hydrogen-bond acceptors (Lipinski definition) is 7. The summed E-state index contributed by atoms with van der Waals surface area (Å²) in [5, 5.41) is 8.95. The molecule has 3 N–H and O–H groups in total. The number of carbonyl (C=O) groups is 5. The average molecular weight is 346 g/mol. The molecular formula is C14H22N2O6S. The molecule has 0 aromatic rings. The normalized spacial score (nSPS) is 16.8. The predicted octanol–water partition coefficient (Wildman–Crippen LogP) is 0.651. The van der Waals surface area contributed by atoms with E-state index in [1.165, 1.54) is 0 Å². The molecule has 1 aliphatic heterocycles. The first kappa shape index (κ1) is 21.3. The number of Topliss-reactive ketones (excluding diaryl/α,β-unsaturated/α-hetero) is 1. The third-order valence-corrected chi connectivity index (χ3v) is 3.99. The Labute approximate surface area is 138 Å². The predicted molar refractivity (Wildman–Crippen MR) is 83.2 cm³/mol. The molecule has 1 rings (SSSR count). The topological polar surface area (TPSA) is 135 Å². The highest BCUT2D eigenvalue weighted by Gasteiger charge is 2.41. The molecule has 0 spiro atoms. The fourth-order valence-electron chi connectivity index (χ4n) is 1.65. The molecule has 0 saturated carbocycles. The first-order valence-electron chi connectivity index (χ1n) is 7.26. The van der Waals surface area contributed by atoms with Gasteiger partial charge in [0.15, 0.2) is 5.12 Å². The molecule has 1 aliphatic rings. The third-order valence-electron chi connectivity index (χ3n) is 2.95. The van der Waals surface area contributed by atoms with Crippen molar-refractivity contribution < 1.29 is 29.2 Å². The number of nitrogens with two attached hydrogens (primary N) is 1. The molecule has 1 heterocycles. The molecule has 0 aromatic carbocycles. The molecule has 0 aromatic heterocycles. The van der Waals surface area contributed by atoms with Crippen LogP contribution in [0.2, 0.25) is 0 Å². The van der Waals surface area contributed by atoms with Crippen LogP contribution in [0.25, 0.3) is 0 Å². The number of imide groups is 1. The zero-order chi connectivity index (χ0) is 18.0. The van der Waals surface area contributed by atoms with Crippen molar-refractivity contribution in [1.29, 1.82) is 0 Å². The minimum Gasteiger partial charge on any atom is -0.369 e. The molecule has 1 saturated heterocycles. The summed E-state index contributed by atoms with van der Waals surface area (Å²) in [6, 6.07) is 0. The van der Waals surface area contributed by atoms with Gasteiger partial charge < -0.3 is 5.73 Å². The lowest BCUT2D eigenvalue weighted by atomic mass is 9.98. The number of unbranched alkanes of at least 4 members (excludes halogenated alkanes) is 1. The number of hydroxylamine groups is 2. The van der Waals surface area contributed by atoms with Crippen LogP contribution in [-0.4, -0.2) is 44.6 Å². The van der Waals surface area contributed by atoms with Crippen LogP contribution in [0, 0.1) is 5.92 Å². The first-order valence-corrected chi connectivity index (χ1v) is 8.25. The van der Waals surface area contributed by atoms with Gasteiger partial charge >= 0.3 is 0 Å². The standard InChI is InChI=1S/C9H13NO4.C5H9NO2S/c1-2-3-4-7(11)6-5-8(12)10(14)9(6)13;1-2-5(8)9-3-4(6)7/h6,14H,2-5H2,1H3;2-3H2,1H3,(H2,6,7). The van der Waals surface area contributed by atoms with Crippen molar-refractivity contribution in [3.05, 3.63) is 0 Å². The molecular weight excluding hydrogens is 324 g/mol. The molecule has 130 valence electrons. The molecule has 1 fully saturated rings.